The first-order valence-corrected chi connectivity index (χ1v) is 10.5. The summed E-state index contributed by atoms with van der Waals surface area (Å²) in [7, 11) is 0. The van der Waals surface area contributed by atoms with Gasteiger partial charge in [0.1, 0.15) is 0 Å². The first kappa shape index (κ1) is 19.9. The van der Waals surface area contributed by atoms with Crippen LogP contribution in [0.4, 0.5) is 5.69 Å². The summed E-state index contributed by atoms with van der Waals surface area (Å²) >= 11 is 2.79. The molecule has 28 heavy (non-hydrogen) atoms. The van der Waals surface area contributed by atoms with Gasteiger partial charge in [-0.2, -0.15) is 0 Å². The van der Waals surface area contributed by atoms with Gasteiger partial charge in [-0.3, -0.25) is 14.4 Å². The summed E-state index contributed by atoms with van der Waals surface area (Å²) in [6.07, 6.45) is 1.90. The zero-order chi connectivity index (χ0) is 19.9. The maximum atomic E-state index is 12.4. The number of carbonyl (C=O) groups excluding carboxylic acids is 3. The Morgan fingerprint density at radius 2 is 1.61 bits per heavy atom. The first-order valence-electron chi connectivity index (χ1n) is 8.49. The van der Waals surface area contributed by atoms with E-state index in [1.54, 1.807) is 36.4 Å². The molecular weight excluding hydrogens is 392 g/mol. The van der Waals surface area contributed by atoms with Gasteiger partial charge >= 0.3 is 11.8 Å². The predicted molar refractivity (Wildman–Crippen MR) is 113 cm³/mol. The van der Waals surface area contributed by atoms with Crippen LogP contribution >= 0.6 is 23.1 Å². The highest BCUT2D eigenvalue weighted by atomic mass is 32.2. The standard InChI is InChI=1S/C21H18N2O3S2/c1-27-17-10-6-5-9-16(17)23-21(26)20(25)22-13-15-11-12-18(28-15)19(24)14-7-3-2-4-8-14/h2-12H,13H2,1H3,(H,22,25)(H,23,26). The highest BCUT2D eigenvalue weighted by Gasteiger charge is 2.16. The number of para-hydroxylation sites is 1. The van der Waals surface area contributed by atoms with Crippen LogP contribution in [0, 0.1) is 0 Å². The molecule has 0 aliphatic heterocycles. The largest absolute Gasteiger partial charge is 0.343 e. The van der Waals surface area contributed by atoms with Crippen LogP contribution in [0.3, 0.4) is 0 Å². The summed E-state index contributed by atoms with van der Waals surface area (Å²) in [4.78, 5) is 38.9. The molecule has 0 saturated carbocycles. The van der Waals surface area contributed by atoms with Gasteiger partial charge < -0.3 is 10.6 Å². The van der Waals surface area contributed by atoms with E-state index in [4.69, 9.17) is 0 Å². The second-order valence-electron chi connectivity index (χ2n) is 5.80. The van der Waals surface area contributed by atoms with E-state index in [2.05, 4.69) is 10.6 Å². The third-order valence-electron chi connectivity index (χ3n) is 3.91. The van der Waals surface area contributed by atoms with Crippen molar-refractivity contribution >= 4 is 46.4 Å². The summed E-state index contributed by atoms with van der Waals surface area (Å²) in [6.45, 7) is 0.184. The summed E-state index contributed by atoms with van der Waals surface area (Å²) in [5, 5.41) is 5.21. The van der Waals surface area contributed by atoms with E-state index in [0.717, 1.165) is 9.77 Å². The lowest BCUT2D eigenvalue weighted by atomic mass is 10.1. The van der Waals surface area contributed by atoms with Gasteiger partial charge in [-0.05, 0) is 30.5 Å². The van der Waals surface area contributed by atoms with Crippen LogP contribution in [0.5, 0.6) is 0 Å². The molecule has 0 aliphatic rings. The molecule has 7 heteroatoms. The number of nitrogens with one attached hydrogen (secondary N) is 2. The summed E-state index contributed by atoms with van der Waals surface area (Å²) < 4.78 is 0. The van der Waals surface area contributed by atoms with Crippen LogP contribution in [0.15, 0.2) is 71.6 Å². The number of benzene rings is 2. The molecule has 5 nitrogen and oxygen atoms in total. The zero-order valence-corrected chi connectivity index (χ0v) is 16.7. The average Bonchev–Trinajstić information content (AvgIpc) is 3.21. The van der Waals surface area contributed by atoms with Crippen molar-refractivity contribution in [1.29, 1.82) is 0 Å². The van der Waals surface area contributed by atoms with Gasteiger partial charge in [0, 0.05) is 15.3 Å². The second-order valence-corrected chi connectivity index (χ2v) is 7.81. The lowest BCUT2D eigenvalue weighted by molar-refractivity contribution is -0.136. The van der Waals surface area contributed by atoms with Crippen LogP contribution in [-0.4, -0.2) is 23.9 Å². The topological polar surface area (TPSA) is 75.3 Å². The van der Waals surface area contributed by atoms with Crippen molar-refractivity contribution in [2.45, 2.75) is 11.4 Å². The quantitative estimate of drug-likeness (QED) is 0.366. The molecule has 2 N–H and O–H groups in total. The lowest BCUT2D eigenvalue weighted by Crippen LogP contribution is -2.34. The third-order valence-corrected chi connectivity index (χ3v) is 5.79. The number of amides is 2. The molecule has 0 atom stereocenters. The molecule has 2 aromatic carbocycles. The first-order chi connectivity index (χ1) is 13.6. The molecule has 0 radical (unpaired) electrons. The Bertz CT molecular complexity index is 1000. The minimum Gasteiger partial charge on any atom is -0.343 e. The van der Waals surface area contributed by atoms with Crippen molar-refractivity contribution in [2.24, 2.45) is 0 Å². The summed E-state index contributed by atoms with van der Waals surface area (Å²) in [6, 6.07) is 19.8. The highest BCUT2D eigenvalue weighted by Crippen LogP contribution is 2.24. The summed E-state index contributed by atoms with van der Waals surface area (Å²) in [5.41, 5.74) is 1.22. The molecule has 0 fully saturated rings. The van der Waals surface area contributed by atoms with Gasteiger partial charge in [0.25, 0.3) is 0 Å². The van der Waals surface area contributed by atoms with Crippen LogP contribution in [0.2, 0.25) is 0 Å². The van der Waals surface area contributed by atoms with Crippen molar-refractivity contribution in [3.8, 4) is 0 Å². The molecule has 3 rings (SSSR count). The minimum atomic E-state index is -0.723. The fraction of sp³-hybridized carbons (Fsp3) is 0.0952. The molecule has 1 heterocycles. The van der Waals surface area contributed by atoms with Crippen molar-refractivity contribution in [1.82, 2.24) is 5.32 Å². The lowest BCUT2D eigenvalue weighted by Gasteiger charge is -2.09. The summed E-state index contributed by atoms with van der Waals surface area (Å²) in [5.74, 6) is -1.51. The minimum absolute atomic E-state index is 0.0606. The average molecular weight is 411 g/mol. The van der Waals surface area contributed by atoms with Gasteiger partial charge in [0.2, 0.25) is 5.78 Å². The molecule has 3 aromatic rings. The molecule has 0 saturated heterocycles. The van der Waals surface area contributed by atoms with Crippen molar-refractivity contribution in [2.75, 3.05) is 11.6 Å². The van der Waals surface area contributed by atoms with Gasteiger partial charge in [-0.1, -0.05) is 42.5 Å². The van der Waals surface area contributed by atoms with Crippen molar-refractivity contribution < 1.29 is 14.4 Å². The second kappa shape index (κ2) is 9.34. The smallest absolute Gasteiger partial charge is 0.313 e. The van der Waals surface area contributed by atoms with E-state index in [0.29, 0.717) is 16.1 Å². The molecule has 142 valence electrons. The van der Waals surface area contributed by atoms with E-state index in [-0.39, 0.29) is 12.3 Å². The van der Waals surface area contributed by atoms with Crippen molar-refractivity contribution in [3.05, 3.63) is 82.0 Å². The SMILES string of the molecule is CSc1ccccc1NC(=O)C(=O)NCc1ccc(C(=O)c2ccccc2)s1. The van der Waals surface area contributed by atoms with Crippen LogP contribution in [-0.2, 0) is 16.1 Å². The molecule has 0 spiro atoms. The van der Waals surface area contributed by atoms with Gasteiger partial charge in [0.05, 0.1) is 17.1 Å². The molecule has 1 aromatic heterocycles. The number of hydrogen-bond acceptors (Lipinski definition) is 5. The Labute approximate surface area is 171 Å². The number of carbonyl (C=O) groups is 3. The Morgan fingerprint density at radius 1 is 0.893 bits per heavy atom. The maximum Gasteiger partial charge on any atom is 0.313 e. The highest BCUT2D eigenvalue weighted by molar-refractivity contribution is 7.98. The third kappa shape index (κ3) is 4.88. The van der Waals surface area contributed by atoms with E-state index < -0.39 is 11.8 Å². The number of hydrogen-bond donors (Lipinski definition) is 2. The molecule has 0 unspecified atom stereocenters. The van der Waals surface area contributed by atoms with E-state index in [9.17, 15) is 14.4 Å². The van der Waals surface area contributed by atoms with Gasteiger partial charge in [-0.15, -0.1) is 23.1 Å². The predicted octanol–water partition coefficient (Wildman–Crippen LogP) is 3.96. The van der Waals surface area contributed by atoms with Gasteiger partial charge in [0.15, 0.2) is 0 Å². The van der Waals surface area contributed by atoms with Crippen molar-refractivity contribution in [3.63, 3.8) is 0 Å². The maximum absolute atomic E-state index is 12.4. The van der Waals surface area contributed by atoms with E-state index in [1.807, 2.05) is 36.6 Å². The molecule has 0 bridgehead atoms. The van der Waals surface area contributed by atoms with Crippen LogP contribution in [0.1, 0.15) is 20.1 Å². The monoisotopic (exact) mass is 410 g/mol. The van der Waals surface area contributed by atoms with E-state index >= 15 is 0 Å². The number of rotatable bonds is 6. The Morgan fingerprint density at radius 3 is 2.36 bits per heavy atom. The fourth-order valence-electron chi connectivity index (χ4n) is 2.50. The zero-order valence-electron chi connectivity index (χ0n) is 15.1. The van der Waals surface area contributed by atoms with E-state index in [1.165, 1.54) is 23.1 Å². The fourth-order valence-corrected chi connectivity index (χ4v) is 3.96. The number of ketones is 1. The normalized spacial score (nSPS) is 10.3. The number of thiophene rings is 1. The number of anilines is 1. The van der Waals surface area contributed by atoms with Gasteiger partial charge in [-0.25, -0.2) is 0 Å². The van der Waals surface area contributed by atoms with Crippen LogP contribution < -0.4 is 10.6 Å². The Hall–Kier alpha value is -2.90. The molecular formula is C21H18N2O3S2. The molecule has 2 amide bonds. The number of thioether (sulfide) groups is 1. The Balaban J connectivity index is 1.57. The Kier molecular flexibility index (Phi) is 6.62. The van der Waals surface area contributed by atoms with Crippen LogP contribution in [0.25, 0.3) is 0 Å². The molecule has 0 aliphatic carbocycles.